The number of sulfone groups is 1. The summed E-state index contributed by atoms with van der Waals surface area (Å²) in [5.74, 6) is 0.834. The first-order valence-electron chi connectivity index (χ1n) is 7.47. The van der Waals surface area contributed by atoms with Crippen LogP contribution in [0.15, 0.2) is 47.4 Å². The molecule has 1 amide bonds. The van der Waals surface area contributed by atoms with E-state index in [0.717, 1.165) is 0 Å². The zero-order valence-electron chi connectivity index (χ0n) is 12.9. The predicted molar refractivity (Wildman–Crippen MR) is 87.0 cm³/mol. The molecule has 0 fully saturated rings. The Bertz CT molecular complexity index is 938. The summed E-state index contributed by atoms with van der Waals surface area (Å²) >= 11 is 0. The van der Waals surface area contributed by atoms with Gasteiger partial charge < -0.3 is 14.4 Å². The van der Waals surface area contributed by atoms with Crippen molar-refractivity contribution < 1.29 is 22.7 Å². The fraction of sp³-hybridized carbons (Fsp3) is 0.235. The molecule has 1 atom stereocenters. The third kappa shape index (κ3) is 2.16. The summed E-state index contributed by atoms with van der Waals surface area (Å²) in [6.45, 7) is 0.112. The van der Waals surface area contributed by atoms with Crippen LogP contribution in [-0.2, 0) is 14.6 Å². The molecule has 124 valence electrons. The average Bonchev–Trinajstić information content (AvgIpc) is 3.03. The minimum Gasteiger partial charge on any atom is -0.454 e. The number of carbonyl (C=O) groups excluding carboxylic acids is 1. The molecule has 0 aromatic heterocycles. The number of amides is 1. The van der Waals surface area contributed by atoms with E-state index in [2.05, 4.69) is 0 Å². The van der Waals surface area contributed by atoms with Crippen molar-refractivity contribution in [2.45, 2.75) is 16.6 Å². The quantitative estimate of drug-likeness (QED) is 0.793. The van der Waals surface area contributed by atoms with Crippen molar-refractivity contribution in [1.29, 1.82) is 0 Å². The van der Waals surface area contributed by atoms with Crippen LogP contribution in [0.3, 0.4) is 0 Å². The second-order valence-electron chi connectivity index (χ2n) is 5.77. The summed E-state index contributed by atoms with van der Waals surface area (Å²) in [4.78, 5) is 14.1. The number of carbonyl (C=O) groups is 1. The van der Waals surface area contributed by atoms with E-state index in [9.17, 15) is 13.2 Å². The van der Waals surface area contributed by atoms with Gasteiger partial charge in [0.1, 0.15) is 0 Å². The topological polar surface area (TPSA) is 72.9 Å². The normalized spacial score (nSPS) is 21.3. The maximum Gasteiger partial charge on any atom is 0.231 e. The summed E-state index contributed by atoms with van der Waals surface area (Å²) in [7, 11) is -2.12. The van der Waals surface area contributed by atoms with Crippen LogP contribution in [0, 0.1) is 0 Å². The zero-order chi connectivity index (χ0) is 16.9. The lowest BCUT2D eigenvalue weighted by Crippen LogP contribution is -2.26. The highest BCUT2D eigenvalue weighted by Gasteiger charge is 2.38. The maximum atomic E-state index is 13.2. The molecule has 4 rings (SSSR count). The SMILES string of the molecule is CN1C(=O)CC(c2ccc3c(c2)OCO3)S(=O)(=O)c2ccccc21. The Morgan fingerprint density at radius 2 is 1.83 bits per heavy atom. The lowest BCUT2D eigenvalue weighted by atomic mass is 10.1. The van der Waals surface area contributed by atoms with E-state index < -0.39 is 15.1 Å². The van der Waals surface area contributed by atoms with Crippen LogP contribution in [0.1, 0.15) is 17.2 Å². The van der Waals surface area contributed by atoms with Crippen molar-refractivity contribution in [3.05, 3.63) is 48.0 Å². The Kier molecular flexibility index (Phi) is 3.28. The number of hydrogen-bond acceptors (Lipinski definition) is 5. The molecule has 24 heavy (non-hydrogen) atoms. The van der Waals surface area contributed by atoms with Gasteiger partial charge >= 0.3 is 0 Å². The molecule has 0 bridgehead atoms. The summed E-state index contributed by atoms with van der Waals surface area (Å²) in [6.07, 6.45) is -0.118. The highest BCUT2D eigenvalue weighted by Crippen LogP contribution is 2.42. The average molecular weight is 345 g/mol. The molecular weight excluding hydrogens is 330 g/mol. The van der Waals surface area contributed by atoms with Crippen LogP contribution in [-0.4, -0.2) is 28.2 Å². The number of benzene rings is 2. The highest BCUT2D eigenvalue weighted by atomic mass is 32.2. The van der Waals surface area contributed by atoms with Gasteiger partial charge in [-0.3, -0.25) is 4.79 Å². The van der Waals surface area contributed by atoms with Crippen molar-refractivity contribution in [1.82, 2.24) is 0 Å². The van der Waals surface area contributed by atoms with Gasteiger partial charge in [0, 0.05) is 13.5 Å². The zero-order valence-corrected chi connectivity index (χ0v) is 13.7. The molecule has 0 aliphatic carbocycles. The molecule has 2 aliphatic rings. The minimum absolute atomic E-state index is 0.112. The molecule has 6 nitrogen and oxygen atoms in total. The first-order chi connectivity index (χ1) is 11.5. The van der Waals surface area contributed by atoms with Gasteiger partial charge in [-0.05, 0) is 29.8 Å². The molecule has 0 saturated carbocycles. The Labute approximate surface area is 139 Å². The van der Waals surface area contributed by atoms with Crippen molar-refractivity contribution in [3.63, 3.8) is 0 Å². The van der Waals surface area contributed by atoms with E-state index in [1.165, 1.54) is 4.90 Å². The lowest BCUT2D eigenvalue weighted by molar-refractivity contribution is -0.118. The van der Waals surface area contributed by atoms with Gasteiger partial charge in [0.2, 0.25) is 12.7 Å². The first-order valence-corrected chi connectivity index (χ1v) is 9.02. The Morgan fingerprint density at radius 3 is 2.67 bits per heavy atom. The standard InChI is InChI=1S/C17H15NO5S/c1-18-12-4-2-3-5-15(12)24(20,21)16(9-17(18)19)11-6-7-13-14(8-11)23-10-22-13/h2-8,16H,9-10H2,1H3. The predicted octanol–water partition coefficient (Wildman–Crippen LogP) is 2.30. The molecule has 1 unspecified atom stereocenters. The molecule has 0 saturated heterocycles. The van der Waals surface area contributed by atoms with Gasteiger partial charge in [-0.2, -0.15) is 0 Å². The fourth-order valence-electron chi connectivity index (χ4n) is 3.08. The molecule has 0 N–H and O–H groups in total. The Hall–Kier alpha value is -2.54. The fourth-order valence-corrected chi connectivity index (χ4v) is 5.02. The molecule has 7 heteroatoms. The van der Waals surface area contributed by atoms with Crippen molar-refractivity contribution in [2.24, 2.45) is 0 Å². The number of fused-ring (bicyclic) bond motifs is 2. The van der Waals surface area contributed by atoms with Gasteiger partial charge in [0.25, 0.3) is 0 Å². The second kappa shape index (κ2) is 5.24. The van der Waals surface area contributed by atoms with Crippen LogP contribution < -0.4 is 14.4 Å². The summed E-state index contributed by atoms with van der Waals surface area (Å²) < 4.78 is 36.9. The number of para-hydroxylation sites is 1. The molecule has 0 radical (unpaired) electrons. The van der Waals surface area contributed by atoms with Crippen molar-refractivity contribution in [2.75, 3.05) is 18.7 Å². The molecule has 0 spiro atoms. The molecule has 2 aromatic rings. The van der Waals surface area contributed by atoms with Crippen LogP contribution in [0.2, 0.25) is 0 Å². The monoisotopic (exact) mass is 345 g/mol. The number of hydrogen-bond donors (Lipinski definition) is 0. The summed E-state index contributed by atoms with van der Waals surface area (Å²) in [5.41, 5.74) is 0.934. The maximum absolute atomic E-state index is 13.2. The molecule has 2 aliphatic heterocycles. The van der Waals surface area contributed by atoms with Gasteiger partial charge in [-0.25, -0.2) is 8.42 Å². The molecular formula is C17H15NO5S. The first kappa shape index (κ1) is 15.0. The van der Waals surface area contributed by atoms with E-state index in [1.54, 1.807) is 49.5 Å². The minimum atomic E-state index is -3.71. The molecule has 2 aromatic carbocycles. The van der Waals surface area contributed by atoms with E-state index in [1.807, 2.05) is 0 Å². The highest BCUT2D eigenvalue weighted by molar-refractivity contribution is 7.92. The van der Waals surface area contributed by atoms with Crippen LogP contribution in [0.5, 0.6) is 11.5 Å². The smallest absolute Gasteiger partial charge is 0.231 e. The van der Waals surface area contributed by atoms with Gasteiger partial charge in [-0.1, -0.05) is 18.2 Å². The number of nitrogens with zero attached hydrogens (tertiary/aromatic N) is 1. The number of ether oxygens (including phenoxy) is 2. The van der Waals surface area contributed by atoms with Gasteiger partial charge in [0.05, 0.1) is 15.8 Å². The van der Waals surface area contributed by atoms with E-state index >= 15 is 0 Å². The number of rotatable bonds is 1. The molecule has 2 heterocycles. The van der Waals surface area contributed by atoms with E-state index in [4.69, 9.17) is 9.47 Å². The Morgan fingerprint density at radius 1 is 1.08 bits per heavy atom. The van der Waals surface area contributed by atoms with Crippen molar-refractivity contribution >= 4 is 21.4 Å². The number of anilines is 1. The van der Waals surface area contributed by atoms with E-state index in [-0.39, 0.29) is 24.0 Å². The Balaban J connectivity index is 1.89. The van der Waals surface area contributed by atoms with Crippen LogP contribution in [0.25, 0.3) is 0 Å². The lowest BCUT2D eigenvalue weighted by Gasteiger charge is -2.15. The van der Waals surface area contributed by atoms with Crippen LogP contribution >= 0.6 is 0 Å². The summed E-state index contributed by atoms with van der Waals surface area (Å²) in [5, 5.41) is -0.953. The van der Waals surface area contributed by atoms with Gasteiger partial charge in [0.15, 0.2) is 21.3 Å². The summed E-state index contributed by atoms with van der Waals surface area (Å²) in [6, 6.07) is 11.6. The van der Waals surface area contributed by atoms with E-state index in [0.29, 0.717) is 22.7 Å². The second-order valence-corrected chi connectivity index (χ2v) is 7.87. The largest absolute Gasteiger partial charge is 0.454 e. The van der Waals surface area contributed by atoms with Crippen LogP contribution in [0.4, 0.5) is 5.69 Å². The van der Waals surface area contributed by atoms with Crippen molar-refractivity contribution in [3.8, 4) is 11.5 Å². The van der Waals surface area contributed by atoms with Gasteiger partial charge in [-0.15, -0.1) is 0 Å². The third-order valence-corrected chi connectivity index (χ3v) is 6.56. The third-order valence-electron chi connectivity index (χ3n) is 4.41.